The zero-order valence-electron chi connectivity index (χ0n) is 10.5. The molecule has 1 aliphatic heterocycles. The molecule has 1 aliphatic rings. The molecule has 1 unspecified atom stereocenters. The van der Waals surface area contributed by atoms with E-state index in [4.69, 9.17) is 21.1 Å². The maximum absolute atomic E-state index is 10.7. The molecule has 0 radical (unpaired) electrons. The monoisotopic (exact) mass is 285 g/mol. The van der Waals surface area contributed by atoms with Crippen LogP contribution in [0.25, 0.3) is 0 Å². The normalized spacial score (nSPS) is 19.1. The van der Waals surface area contributed by atoms with Crippen molar-refractivity contribution in [2.75, 3.05) is 13.2 Å². The van der Waals surface area contributed by atoms with Gasteiger partial charge in [-0.15, -0.1) is 11.6 Å². The first-order valence-electron chi connectivity index (χ1n) is 6.28. The fourth-order valence-electron chi connectivity index (χ4n) is 2.05. The Hall–Kier alpha value is -1.33. The summed E-state index contributed by atoms with van der Waals surface area (Å²) in [6.07, 6.45) is 3.34. The second kappa shape index (κ2) is 6.73. The molecule has 0 bridgehead atoms. The van der Waals surface area contributed by atoms with Crippen LogP contribution in [0.5, 0.6) is 5.75 Å². The van der Waals surface area contributed by atoms with E-state index in [-0.39, 0.29) is 17.7 Å². The lowest BCUT2D eigenvalue weighted by molar-refractivity contribution is -0.384. The van der Waals surface area contributed by atoms with E-state index in [1.807, 2.05) is 0 Å². The minimum Gasteiger partial charge on any atom is -0.491 e. The molecule has 19 heavy (non-hydrogen) atoms. The molecule has 1 atom stereocenters. The summed E-state index contributed by atoms with van der Waals surface area (Å²) < 4.78 is 11.2. The molecule has 1 aromatic rings. The van der Waals surface area contributed by atoms with Gasteiger partial charge in [-0.2, -0.15) is 0 Å². The summed E-state index contributed by atoms with van der Waals surface area (Å²) in [5.74, 6) is 0.775. The van der Waals surface area contributed by atoms with Crippen molar-refractivity contribution in [3.05, 3.63) is 33.9 Å². The molecule has 0 aromatic heterocycles. The van der Waals surface area contributed by atoms with Gasteiger partial charge in [0, 0.05) is 24.3 Å². The van der Waals surface area contributed by atoms with Gasteiger partial charge in [-0.3, -0.25) is 10.1 Å². The maximum Gasteiger partial charge on any atom is 0.270 e. The van der Waals surface area contributed by atoms with E-state index in [9.17, 15) is 10.1 Å². The summed E-state index contributed by atoms with van der Waals surface area (Å²) in [4.78, 5) is 10.2. The number of alkyl halides is 1. The number of non-ortho nitro benzene ring substituents is 1. The van der Waals surface area contributed by atoms with Crippen molar-refractivity contribution in [3.63, 3.8) is 0 Å². The SMILES string of the molecule is O=[N+]([O-])c1ccc(OCC2CCCCO2)c(CCl)c1. The number of ether oxygens (including phenoxy) is 2. The van der Waals surface area contributed by atoms with E-state index in [0.29, 0.717) is 17.9 Å². The molecule has 104 valence electrons. The Labute approximate surface area is 116 Å². The summed E-state index contributed by atoms with van der Waals surface area (Å²) >= 11 is 5.80. The number of rotatable bonds is 5. The minimum atomic E-state index is -0.440. The van der Waals surface area contributed by atoms with Crippen LogP contribution < -0.4 is 4.74 Å². The Kier molecular flexibility index (Phi) is 4.99. The molecule has 0 saturated carbocycles. The average molecular weight is 286 g/mol. The van der Waals surface area contributed by atoms with Crippen molar-refractivity contribution in [2.24, 2.45) is 0 Å². The van der Waals surface area contributed by atoms with Crippen molar-refractivity contribution in [1.82, 2.24) is 0 Å². The second-order valence-corrected chi connectivity index (χ2v) is 4.75. The van der Waals surface area contributed by atoms with Gasteiger partial charge in [0.15, 0.2) is 0 Å². The molecular weight excluding hydrogens is 270 g/mol. The highest BCUT2D eigenvalue weighted by Gasteiger charge is 2.16. The lowest BCUT2D eigenvalue weighted by atomic mass is 10.1. The second-order valence-electron chi connectivity index (χ2n) is 4.48. The molecule has 1 fully saturated rings. The quantitative estimate of drug-likeness (QED) is 0.473. The van der Waals surface area contributed by atoms with Gasteiger partial charge < -0.3 is 9.47 Å². The Morgan fingerprint density at radius 1 is 1.47 bits per heavy atom. The van der Waals surface area contributed by atoms with Crippen molar-refractivity contribution in [1.29, 1.82) is 0 Å². The molecule has 5 nitrogen and oxygen atoms in total. The zero-order chi connectivity index (χ0) is 13.7. The van der Waals surface area contributed by atoms with Crippen LogP contribution in [0.3, 0.4) is 0 Å². The topological polar surface area (TPSA) is 61.6 Å². The van der Waals surface area contributed by atoms with Gasteiger partial charge in [0.25, 0.3) is 5.69 Å². The molecule has 2 rings (SSSR count). The van der Waals surface area contributed by atoms with E-state index >= 15 is 0 Å². The van der Waals surface area contributed by atoms with Crippen LogP contribution in [0.2, 0.25) is 0 Å². The van der Waals surface area contributed by atoms with Crippen LogP contribution >= 0.6 is 11.6 Å². The standard InChI is InChI=1S/C13H16ClNO4/c14-8-10-7-11(15(16)17)4-5-13(10)19-9-12-3-1-2-6-18-12/h4-5,7,12H,1-3,6,8-9H2. The predicted molar refractivity (Wildman–Crippen MR) is 71.7 cm³/mol. The Morgan fingerprint density at radius 2 is 2.32 bits per heavy atom. The van der Waals surface area contributed by atoms with Crippen molar-refractivity contribution in [3.8, 4) is 5.75 Å². The molecular formula is C13H16ClNO4. The van der Waals surface area contributed by atoms with Crippen LogP contribution in [0.15, 0.2) is 18.2 Å². The Balaban J connectivity index is 2.00. The first-order chi connectivity index (χ1) is 9.20. The van der Waals surface area contributed by atoms with Crippen LogP contribution in [-0.2, 0) is 10.6 Å². The van der Waals surface area contributed by atoms with E-state index in [1.165, 1.54) is 12.1 Å². The molecule has 1 saturated heterocycles. The third-order valence-electron chi connectivity index (χ3n) is 3.10. The number of nitro benzene ring substituents is 1. The summed E-state index contributed by atoms with van der Waals surface area (Å²) in [6.45, 7) is 1.23. The molecule has 0 N–H and O–H groups in total. The minimum absolute atomic E-state index is 0.0249. The third kappa shape index (κ3) is 3.81. The van der Waals surface area contributed by atoms with Crippen molar-refractivity contribution in [2.45, 2.75) is 31.2 Å². The van der Waals surface area contributed by atoms with E-state index in [0.717, 1.165) is 25.9 Å². The van der Waals surface area contributed by atoms with Gasteiger partial charge in [0.1, 0.15) is 12.4 Å². The number of halogens is 1. The van der Waals surface area contributed by atoms with E-state index in [2.05, 4.69) is 0 Å². The first kappa shape index (κ1) is 14.1. The summed E-state index contributed by atoms with van der Waals surface area (Å²) in [5, 5.41) is 10.7. The van der Waals surface area contributed by atoms with Gasteiger partial charge in [-0.25, -0.2) is 0 Å². The Bertz CT molecular complexity index is 446. The van der Waals surface area contributed by atoms with Gasteiger partial charge >= 0.3 is 0 Å². The molecule has 6 heteroatoms. The summed E-state index contributed by atoms with van der Waals surface area (Å²) in [5.41, 5.74) is 0.656. The summed E-state index contributed by atoms with van der Waals surface area (Å²) in [6, 6.07) is 4.47. The highest BCUT2D eigenvalue weighted by atomic mass is 35.5. The Morgan fingerprint density at radius 3 is 2.95 bits per heavy atom. The van der Waals surface area contributed by atoms with Crippen LogP contribution in [0, 0.1) is 10.1 Å². The van der Waals surface area contributed by atoms with Gasteiger partial charge in [0.2, 0.25) is 0 Å². The predicted octanol–water partition coefficient (Wildman–Crippen LogP) is 3.28. The van der Waals surface area contributed by atoms with Crippen LogP contribution in [-0.4, -0.2) is 24.2 Å². The molecule has 0 aliphatic carbocycles. The highest BCUT2D eigenvalue weighted by molar-refractivity contribution is 6.17. The first-order valence-corrected chi connectivity index (χ1v) is 6.82. The fourth-order valence-corrected chi connectivity index (χ4v) is 2.26. The lowest BCUT2D eigenvalue weighted by Gasteiger charge is -2.23. The number of hydrogen-bond acceptors (Lipinski definition) is 4. The molecule has 0 spiro atoms. The highest BCUT2D eigenvalue weighted by Crippen LogP contribution is 2.26. The number of nitrogens with zero attached hydrogens (tertiary/aromatic N) is 1. The number of nitro groups is 1. The molecule has 1 heterocycles. The fraction of sp³-hybridized carbons (Fsp3) is 0.538. The molecule has 0 amide bonds. The van der Waals surface area contributed by atoms with Crippen molar-refractivity contribution >= 4 is 17.3 Å². The zero-order valence-corrected chi connectivity index (χ0v) is 11.3. The third-order valence-corrected chi connectivity index (χ3v) is 3.39. The van der Waals surface area contributed by atoms with Crippen LogP contribution in [0.4, 0.5) is 5.69 Å². The molecule has 1 aromatic carbocycles. The smallest absolute Gasteiger partial charge is 0.270 e. The largest absolute Gasteiger partial charge is 0.491 e. The van der Waals surface area contributed by atoms with E-state index < -0.39 is 4.92 Å². The number of benzene rings is 1. The average Bonchev–Trinajstić information content (AvgIpc) is 2.45. The van der Waals surface area contributed by atoms with Crippen molar-refractivity contribution < 1.29 is 14.4 Å². The van der Waals surface area contributed by atoms with E-state index in [1.54, 1.807) is 6.07 Å². The lowest BCUT2D eigenvalue weighted by Crippen LogP contribution is -2.26. The number of hydrogen-bond donors (Lipinski definition) is 0. The van der Waals surface area contributed by atoms with Gasteiger partial charge in [-0.05, 0) is 25.3 Å². The van der Waals surface area contributed by atoms with Crippen LogP contribution in [0.1, 0.15) is 24.8 Å². The maximum atomic E-state index is 10.7. The van der Waals surface area contributed by atoms with Gasteiger partial charge in [-0.1, -0.05) is 0 Å². The van der Waals surface area contributed by atoms with Gasteiger partial charge in [0.05, 0.1) is 16.9 Å². The summed E-state index contributed by atoms with van der Waals surface area (Å²) in [7, 11) is 0.